The van der Waals surface area contributed by atoms with E-state index < -0.39 is 0 Å². The number of aryl methyl sites for hydroxylation is 1. The number of fused-ring (bicyclic) bond motifs is 1. The van der Waals surface area contributed by atoms with Crippen LogP contribution >= 0.6 is 0 Å². The van der Waals surface area contributed by atoms with E-state index in [1.807, 2.05) is 9.58 Å². The molecule has 1 N–H and O–H groups in total. The molecular weight excluding hydrogens is 244 g/mol. The molecule has 6 nitrogen and oxygen atoms in total. The zero-order valence-corrected chi connectivity index (χ0v) is 11.1. The molecule has 3 heterocycles. The fourth-order valence-electron chi connectivity index (χ4n) is 2.58. The summed E-state index contributed by atoms with van der Waals surface area (Å²) in [5.41, 5.74) is 2.25. The van der Waals surface area contributed by atoms with Crippen LogP contribution in [0.3, 0.4) is 0 Å². The minimum Gasteiger partial charge on any atom is -0.378 e. The molecule has 2 aliphatic rings. The molecule has 19 heavy (non-hydrogen) atoms. The lowest BCUT2D eigenvalue weighted by molar-refractivity contribution is -0.135. The lowest BCUT2D eigenvalue weighted by Crippen LogP contribution is -2.40. The number of rotatable bonds is 3. The number of carbonyl (C=O) groups is 1. The minimum absolute atomic E-state index is 0.215. The van der Waals surface area contributed by atoms with Crippen molar-refractivity contribution in [2.45, 2.75) is 25.9 Å². The van der Waals surface area contributed by atoms with Crippen LogP contribution in [0.15, 0.2) is 6.07 Å². The number of amides is 1. The molecular formula is C13H20N4O2. The maximum atomic E-state index is 12.0. The molecule has 0 aliphatic carbocycles. The van der Waals surface area contributed by atoms with E-state index in [4.69, 9.17) is 4.74 Å². The summed E-state index contributed by atoms with van der Waals surface area (Å²) in [6.07, 6.45) is 1.28. The molecule has 104 valence electrons. The van der Waals surface area contributed by atoms with Crippen molar-refractivity contribution >= 4 is 5.91 Å². The smallest absolute Gasteiger partial charge is 0.223 e. The monoisotopic (exact) mass is 264 g/mol. The molecule has 2 aliphatic heterocycles. The van der Waals surface area contributed by atoms with Gasteiger partial charge in [-0.25, -0.2) is 0 Å². The highest BCUT2D eigenvalue weighted by Crippen LogP contribution is 2.10. The fraction of sp³-hybridized carbons (Fsp3) is 0.692. The third-order valence-electron chi connectivity index (χ3n) is 3.68. The Morgan fingerprint density at radius 1 is 1.37 bits per heavy atom. The summed E-state index contributed by atoms with van der Waals surface area (Å²) in [4.78, 5) is 13.9. The predicted molar refractivity (Wildman–Crippen MR) is 69.7 cm³/mol. The van der Waals surface area contributed by atoms with Crippen LogP contribution in [0, 0.1) is 0 Å². The van der Waals surface area contributed by atoms with E-state index in [1.165, 1.54) is 5.69 Å². The van der Waals surface area contributed by atoms with E-state index >= 15 is 0 Å². The fourth-order valence-corrected chi connectivity index (χ4v) is 2.58. The SMILES string of the molecule is O=C(CCc1cc2n(n1)CCNC2)N1CCOCC1. The van der Waals surface area contributed by atoms with Crippen molar-refractivity contribution in [1.82, 2.24) is 20.0 Å². The second-order valence-corrected chi connectivity index (χ2v) is 5.02. The summed E-state index contributed by atoms with van der Waals surface area (Å²) >= 11 is 0. The molecule has 1 fully saturated rings. The Hall–Kier alpha value is -1.40. The number of aromatic nitrogens is 2. The molecule has 0 saturated carbocycles. The van der Waals surface area contributed by atoms with Crippen LogP contribution in [0.4, 0.5) is 0 Å². The molecule has 0 spiro atoms. The van der Waals surface area contributed by atoms with E-state index in [0.717, 1.165) is 44.8 Å². The summed E-state index contributed by atoms with van der Waals surface area (Å²) in [6.45, 7) is 5.55. The number of carbonyl (C=O) groups excluding carboxylic acids is 1. The quantitative estimate of drug-likeness (QED) is 0.820. The van der Waals surface area contributed by atoms with Crippen LogP contribution in [0.2, 0.25) is 0 Å². The van der Waals surface area contributed by atoms with Crippen molar-refractivity contribution in [3.8, 4) is 0 Å². The van der Waals surface area contributed by atoms with E-state index in [9.17, 15) is 4.79 Å². The minimum atomic E-state index is 0.215. The standard InChI is InChI=1S/C13H20N4O2/c18-13(16-5-7-19-8-6-16)2-1-11-9-12-10-14-3-4-17(12)15-11/h9,14H,1-8,10H2. The molecule has 0 radical (unpaired) electrons. The molecule has 1 aromatic rings. The molecule has 1 amide bonds. The van der Waals surface area contributed by atoms with Crippen LogP contribution in [-0.4, -0.2) is 53.4 Å². The average molecular weight is 264 g/mol. The summed E-state index contributed by atoms with van der Waals surface area (Å²) in [6, 6.07) is 2.11. The predicted octanol–water partition coefficient (Wildman–Crippen LogP) is -0.222. The van der Waals surface area contributed by atoms with Crippen molar-refractivity contribution in [2.24, 2.45) is 0 Å². The van der Waals surface area contributed by atoms with Crippen LogP contribution in [0.1, 0.15) is 17.8 Å². The number of nitrogens with one attached hydrogen (secondary N) is 1. The Kier molecular flexibility index (Phi) is 3.79. The van der Waals surface area contributed by atoms with Gasteiger partial charge >= 0.3 is 0 Å². The Bertz CT molecular complexity index is 428. The normalized spacial score (nSPS) is 19.3. The van der Waals surface area contributed by atoms with Gasteiger partial charge < -0.3 is 15.0 Å². The maximum absolute atomic E-state index is 12.0. The lowest BCUT2D eigenvalue weighted by atomic mass is 10.2. The highest BCUT2D eigenvalue weighted by Gasteiger charge is 2.18. The van der Waals surface area contributed by atoms with E-state index in [0.29, 0.717) is 19.6 Å². The van der Waals surface area contributed by atoms with E-state index in [1.54, 1.807) is 0 Å². The largest absolute Gasteiger partial charge is 0.378 e. The van der Waals surface area contributed by atoms with Crippen LogP contribution in [-0.2, 0) is 29.0 Å². The van der Waals surface area contributed by atoms with Gasteiger partial charge in [0, 0.05) is 39.0 Å². The van der Waals surface area contributed by atoms with Gasteiger partial charge in [-0.05, 0) is 6.07 Å². The second-order valence-electron chi connectivity index (χ2n) is 5.02. The zero-order chi connectivity index (χ0) is 13.1. The molecule has 1 aromatic heterocycles. The number of hydrogen-bond donors (Lipinski definition) is 1. The molecule has 3 rings (SSSR count). The molecule has 6 heteroatoms. The topological polar surface area (TPSA) is 59.4 Å². The van der Waals surface area contributed by atoms with Crippen molar-refractivity contribution < 1.29 is 9.53 Å². The van der Waals surface area contributed by atoms with Gasteiger partial charge in [-0.2, -0.15) is 5.10 Å². The first-order chi connectivity index (χ1) is 9.33. The Morgan fingerprint density at radius 2 is 2.21 bits per heavy atom. The third-order valence-corrected chi connectivity index (χ3v) is 3.68. The van der Waals surface area contributed by atoms with Crippen LogP contribution in [0.5, 0.6) is 0 Å². The van der Waals surface area contributed by atoms with Gasteiger partial charge in [0.1, 0.15) is 0 Å². The molecule has 0 atom stereocenters. The van der Waals surface area contributed by atoms with Crippen molar-refractivity contribution in [3.63, 3.8) is 0 Å². The van der Waals surface area contributed by atoms with Gasteiger partial charge in [-0.15, -0.1) is 0 Å². The van der Waals surface area contributed by atoms with Crippen LogP contribution < -0.4 is 5.32 Å². The molecule has 1 saturated heterocycles. The van der Waals surface area contributed by atoms with Gasteiger partial charge in [-0.3, -0.25) is 9.48 Å². The highest BCUT2D eigenvalue weighted by molar-refractivity contribution is 5.76. The van der Waals surface area contributed by atoms with Gasteiger partial charge in [-0.1, -0.05) is 0 Å². The van der Waals surface area contributed by atoms with Gasteiger partial charge in [0.15, 0.2) is 0 Å². The number of nitrogens with zero attached hydrogens (tertiary/aromatic N) is 3. The zero-order valence-electron chi connectivity index (χ0n) is 11.1. The van der Waals surface area contributed by atoms with Crippen LogP contribution in [0.25, 0.3) is 0 Å². The summed E-state index contributed by atoms with van der Waals surface area (Å²) in [5, 5.41) is 7.87. The van der Waals surface area contributed by atoms with Gasteiger partial charge in [0.25, 0.3) is 0 Å². The van der Waals surface area contributed by atoms with E-state index in [-0.39, 0.29) is 5.91 Å². The summed E-state index contributed by atoms with van der Waals surface area (Å²) < 4.78 is 7.30. The number of hydrogen-bond acceptors (Lipinski definition) is 4. The van der Waals surface area contributed by atoms with Crippen molar-refractivity contribution in [1.29, 1.82) is 0 Å². The van der Waals surface area contributed by atoms with Gasteiger partial charge in [0.2, 0.25) is 5.91 Å². The highest BCUT2D eigenvalue weighted by atomic mass is 16.5. The average Bonchev–Trinajstić information content (AvgIpc) is 2.88. The Morgan fingerprint density at radius 3 is 3.00 bits per heavy atom. The van der Waals surface area contributed by atoms with Crippen molar-refractivity contribution in [3.05, 3.63) is 17.5 Å². The number of morpholine rings is 1. The third kappa shape index (κ3) is 2.96. The number of ether oxygens (including phenoxy) is 1. The van der Waals surface area contributed by atoms with Crippen molar-refractivity contribution in [2.75, 3.05) is 32.8 Å². The molecule has 0 aromatic carbocycles. The summed E-state index contributed by atoms with van der Waals surface area (Å²) in [7, 11) is 0. The Labute approximate surface area is 112 Å². The van der Waals surface area contributed by atoms with E-state index in [2.05, 4.69) is 16.5 Å². The first-order valence-corrected chi connectivity index (χ1v) is 6.95. The second kappa shape index (κ2) is 5.71. The first kappa shape index (κ1) is 12.6. The first-order valence-electron chi connectivity index (χ1n) is 6.95. The van der Waals surface area contributed by atoms with Gasteiger partial charge in [0.05, 0.1) is 31.1 Å². The lowest BCUT2D eigenvalue weighted by Gasteiger charge is -2.26. The maximum Gasteiger partial charge on any atom is 0.223 e. The molecule has 0 unspecified atom stereocenters. The molecule has 0 bridgehead atoms. The Balaban J connectivity index is 1.53. The summed E-state index contributed by atoms with van der Waals surface area (Å²) in [5.74, 6) is 0.215.